The van der Waals surface area contributed by atoms with Crippen molar-refractivity contribution in [3.63, 3.8) is 0 Å². The summed E-state index contributed by atoms with van der Waals surface area (Å²) in [5.74, 6) is -0.291. The number of pyridine rings is 1. The van der Waals surface area contributed by atoms with Gasteiger partial charge in [-0.2, -0.15) is 0 Å². The molecule has 1 N–H and O–H groups in total. The van der Waals surface area contributed by atoms with E-state index in [2.05, 4.69) is 0 Å². The highest BCUT2D eigenvalue weighted by Gasteiger charge is 2.35. The Balaban J connectivity index is 2.11. The first-order valence-electron chi connectivity index (χ1n) is 10.1. The van der Waals surface area contributed by atoms with Crippen molar-refractivity contribution in [2.75, 3.05) is 4.90 Å². The first-order chi connectivity index (χ1) is 15.2. The van der Waals surface area contributed by atoms with Crippen LogP contribution < -0.4 is 10.5 Å². The highest BCUT2D eigenvalue weighted by molar-refractivity contribution is 7.23. The molecule has 0 saturated carbocycles. The molecule has 4 rings (SSSR count). The van der Waals surface area contributed by atoms with Crippen molar-refractivity contribution in [1.82, 2.24) is 4.57 Å². The van der Waals surface area contributed by atoms with Gasteiger partial charge in [-0.25, -0.2) is 4.79 Å². The third-order valence-corrected chi connectivity index (χ3v) is 6.24. The largest absolute Gasteiger partial charge is 0.465 e. The maximum absolute atomic E-state index is 13.6. The fraction of sp³-hybridized carbons (Fsp3) is 0.160. The smallest absolute Gasteiger partial charge is 0.412 e. The summed E-state index contributed by atoms with van der Waals surface area (Å²) in [6, 6.07) is 20.9. The van der Waals surface area contributed by atoms with Crippen LogP contribution in [0.15, 0.2) is 77.6 Å². The minimum absolute atomic E-state index is 0.257. The molecule has 0 fully saturated rings. The number of carboxylic acid groups (broad SMARTS) is 1. The molecule has 0 unspecified atom stereocenters. The van der Waals surface area contributed by atoms with Crippen molar-refractivity contribution in [2.24, 2.45) is 0 Å². The summed E-state index contributed by atoms with van der Waals surface area (Å²) < 4.78 is 1.52. The molecule has 7 heteroatoms. The maximum atomic E-state index is 13.6. The topological polar surface area (TPSA) is 79.6 Å². The molecule has 0 radical (unpaired) electrons. The number of fused-ring (bicyclic) bond motifs is 1. The van der Waals surface area contributed by atoms with Gasteiger partial charge in [0.1, 0.15) is 9.83 Å². The second kappa shape index (κ2) is 8.09. The van der Waals surface area contributed by atoms with Gasteiger partial charge in [-0.3, -0.25) is 19.1 Å². The molecule has 2 aromatic carbocycles. The highest BCUT2D eigenvalue weighted by Crippen LogP contribution is 2.42. The van der Waals surface area contributed by atoms with E-state index in [0.29, 0.717) is 26.5 Å². The Morgan fingerprint density at radius 2 is 1.50 bits per heavy atom. The molecule has 0 aliphatic rings. The lowest BCUT2D eigenvalue weighted by atomic mass is 10.0. The average Bonchev–Trinajstić information content (AvgIpc) is 3.11. The SMILES string of the molecule is CC(C)(C)N(C(=O)O)c1sc2c(ccc(=O)n2-c2ccccc2)c1C(=O)c1ccccc1. The molecular formula is C25H22N2O4S. The summed E-state index contributed by atoms with van der Waals surface area (Å²) >= 11 is 1.13. The molecule has 0 bridgehead atoms. The number of rotatable bonds is 4. The average molecular weight is 447 g/mol. The van der Waals surface area contributed by atoms with Gasteiger partial charge in [-0.05, 0) is 39.0 Å². The van der Waals surface area contributed by atoms with E-state index in [9.17, 15) is 19.5 Å². The number of aromatic nitrogens is 1. The Labute approximate surface area is 189 Å². The Morgan fingerprint density at radius 1 is 0.906 bits per heavy atom. The van der Waals surface area contributed by atoms with Crippen LogP contribution in [0.5, 0.6) is 0 Å². The van der Waals surface area contributed by atoms with Gasteiger partial charge in [-0.1, -0.05) is 59.9 Å². The van der Waals surface area contributed by atoms with E-state index >= 15 is 0 Å². The van der Waals surface area contributed by atoms with Crippen molar-refractivity contribution in [2.45, 2.75) is 26.3 Å². The number of anilines is 1. The predicted octanol–water partition coefficient (Wildman–Crippen LogP) is 5.57. The monoisotopic (exact) mass is 446 g/mol. The quantitative estimate of drug-likeness (QED) is 0.416. The van der Waals surface area contributed by atoms with E-state index in [0.717, 1.165) is 11.3 Å². The van der Waals surface area contributed by atoms with Crippen LogP contribution in [0.3, 0.4) is 0 Å². The summed E-state index contributed by atoms with van der Waals surface area (Å²) in [6.45, 7) is 5.31. The second-order valence-electron chi connectivity index (χ2n) is 8.33. The van der Waals surface area contributed by atoms with Crippen molar-refractivity contribution < 1.29 is 14.7 Å². The molecule has 0 spiro atoms. The Morgan fingerprint density at radius 3 is 2.06 bits per heavy atom. The number of para-hydroxylation sites is 1. The van der Waals surface area contributed by atoms with E-state index in [-0.39, 0.29) is 16.9 Å². The molecule has 0 aliphatic carbocycles. The van der Waals surface area contributed by atoms with Gasteiger partial charge in [-0.15, -0.1) is 0 Å². The predicted molar refractivity (Wildman–Crippen MR) is 128 cm³/mol. The fourth-order valence-electron chi connectivity index (χ4n) is 3.68. The van der Waals surface area contributed by atoms with E-state index in [1.807, 2.05) is 24.3 Å². The van der Waals surface area contributed by atoms with Crippen LogP contribution in [0.2, 0.25) is 0 Å². The zero-order valence-corrected chi connectivity index (χ0v) is 18.7. The summed E-state index contributed by atoms with van der Waals surface area (Å²) in [5.41, 5.74) is 0.305. The zero-order chi connectivity index (χ0) is 23.0. The van der Waals surface area contributed by atoms with Crippen molar-refractivity contribution in [3.05, 3.63) is 94.3 Å². The molecule has 0 atom stereocenters. The van der Waals surface area contributed by atoms with Gasteiger partial charge in [0.05, 0.1) is 11.3 Å². The number of thiophene rings is 1. The minimum Gasteiger partial charge on any atom is -0.465 e. The molecule has 0 aliphatic heterocycles. The van der Waals surface area contributed by atoms with E-state index in [1.54, 1.807) is 63.2 Å². The van der Waals surface area contributed by atoms with Crippen LogP contribution in [-0.4, -0.2) is 27.1 Å². The lowest BCUT2D eigenvalue weighted by Crippen LogP contribution is -2.45. The lowest BCUT2D eigenvalue weighted by molar-refractivity contribution is 0.104. The summed E-state index contributed by atoms with van der Waals surface area (Å²) in [4.78, 5) is 40.5. The number of carbonyl (C=O) groups is 2. The number of carbonyl (C=O) groups excluding carboxylic acids is 1. The second-order valence-corrected chi connectivity index (χ2v) is 9.31. The highest BCUT2D eigenvalue weighted by atomic mass is 32.1. The van der Waals surface area contributed by atoms with Gasteiger partial charge >= 0.3 is 6.09 Å². The van der Waals surface area contributed by atoms with Crippen LogP contribution >= 0.6 is 11.3 Å². The summed E-state index contributed by atoms with van der Waals surface area (Å²) in [5, 5.41) is 10.9. The third kappa shape index (κ3) is 3.71. The number of hydrogen-bond acceptors (Lipinski definition) is 4. The van der Waals surface area contributed by atoms with Crippen LogP contribution in [0.1, 0.15) is 36.7 Å². The molecule has 0 saturated heterocycles. The van der Waals surface area contributed by atoms with E-state index in [1.165, 1.54) is 15.5 Å². The van der Waals surface area contributed by atoms with E-state index < -0.39 is 11.6 Å². The number of nitrogens with zero attached hydrogens (tertiary/aromatic N) is 2. The number of benzene rings is 2. The molecule has 2 heterocycles. The number of hydrogen-bond donors (Lipinski definition) is 1. The van der Waals surface area contributed by atoms with Crippen LogP contribution in [0, 0.1) is 0 Å². The Bertz CT molecular complexity index is 1370. The van der Waals surface area contributed by atoms with Crippen LogP contribution in [0.25, 0.3) is 15.9 Å². The zero-order valence-electron chi connectivity index (χ0n) is 17.9. The molecule has 1 amide bonds. The van der Waals surface area contributed by atoms with Crippen molar-refractivity contribution in [1.29, 1.82) is 0 Å². The van der Waals surface area contributed by atoms with Gasteiger partial charge in [0.2, 0.25) is 0 Å². The molecule has 6 nitrogen and oxygen atoms in total. The Hall–Kier alpha value is -3.71. The third-order valence-electron chi connectivity index (χ3n) is 5.07. The Kier molecular flexibility index (Phi) is 5.44. The standard InChI is InChI=1S/C25H22N2O4S/c1-25(2,3)27(24(30)31)23-20(21(29)16-10-6-4-7-11-16)18-14-15-19(28)26(22(18)32-23)17-12-8-5-9-13-17/h4-15H,1-3H3,(H,30,31). The normalized spacial score (nSPS) is 11.5. The fourth-order valence-corrected chi connectivity index (χ4v) is 5.18. The molecule has 4 aromatic rings. The maximum Gasteiger partial charge on any atom is 0.412 e. The first-order valence-corrected chi connectivity index (χ1v) is 10.9. The lowest BCUT2D eigenvalue weighted by Gasteiger charge is -2.32. The van der Waals surface area contributed by atoms with Crippen LogP contribution in [0.4, 0.5) is 9.80 Å². The van der Waals surface area contributed by atoms with Gasteiger partial charge < -0.3 is 5.11 Å². The molecule has 162 valence electrons. The summed E-state index contributed by atoms with van der Waals surface area (Å²) in [7, 11) is 0. The first kappa shape index (κ1) is 21.5. The van der Waals surface area contributed by atoms with Crippen molar-refractivity contribution in [3.8, 4) is 5.69 Å². The van der Waals surface area contributed by atoms with Gasteiger partial charge in [0.15, 0.2) is 5.78 Å². The number of ketones is 1. The molecular weight excluding hydrogens is 424 g/mol. The minimum atomic E-state index is -1.17. The molecule has 2 aromatic heterocycles. The van der Waals surface area contributed by atoms with Crippen molar-refractivity contribution >= 4 is 38.4 Å². The van der Waals surface area contributed by atoms with Crippen LogP contribution in [-0.2, 0) is 0 Å². The van der Waals surface area contributed by atoms with E-state index in [4.69, 9.17) is 0 Å². The number of amides is 1. The molecule has 32 heavy (non-hydrogen) atoms. The summed E-state index contributed by atoms with van der Waals surface area (Å²) in [6.07, 6.45) is -1.17. The van der Waals surface area contributed by atoms with Gasteiger partial charge in [0, 0.05) is 22.6 Å². The van der Waals surface area contributed by atoms with Gasteiger partial charge in [0.25, 0.3) is 5.56 Å².